The summed E-state index contributed by atoms with van der Waals surface area (Å²) < 4.78 is 7.78. The van der Waals surface area contributed by atoms with Gasteiger partial charge in [-0.15, -0.1) is 24.0 Å². The van der Waals surface area contributed by atoms with Crippen LogP contribution in [-0.2, 0) is 11.3 Å². The zero-order chi connectivity index (χ0) is 17.7. The van der Waals surface area contributed by atoms with Crippen molar-refractivity contribution in [1.82, 2.24) is 20.4 Å². The Morgan fingerprint density at radius 1 is 1.23 bits per heavy atom. The maximum atomic E-state index is 5.88. The van der Waals surface area contributed by atoms with Crippen molar-refractivity contribution in [1.29, 1.82) is 0 Å². The lowest BCUT2D eigenvalue weighted by Gasteiger charge is -2.13. The molecule has 0 aliphatic carbocycles. The predicted octanol–water partition coefficient (Wildman–Crippen LogP) is 3.22. The first-order valence-electron chi connectivity index (χ1n) is 8.95. The molecule has 0 spiro atoms. The molecular weight excluding hydrogens is 441 g/mol. The number of nitrogens with zero attached hydrogens (tertiary/aromatic N) is 3. The summed E-state index contributed by atoms with van der Waals surface area (Å²) >= 11 is 0. The Hall–Kier alpha value is -1.61. The number of aromatic nitrogens is 2. The minimum absolute atomic E-state index is 0. The van der Waals surface area contributed by atoms with Gasteiger partial charge in [-0.2, -0.15) is 5.10 Å². The first kappa shape index (κ1) is 22.4. The van der Waals surface area contributed by atoms with Crippen molar-refractivity contribution in [2.24, 2.45) is 4.99 Å². The van der Waals surface area contributed by atoms with Crippen molar-refractivity contribution in [2.75, 3.05) is 26.2 Å². The zero-order valence-electron chi connectivity index (χ0n) is 15.6. The average molecular weight is 471 g/mol. The summed E-state index contributed by atoms with van der Waals surface area (Å²) in [5, 5.41) is 10.8. The third kappa shape index (κ3) is 8.66. The number of halogens is 1. The predicted molar refractivity (Wildman–Crippen MR) is 117 cm³/mol. The topological polar surface area (TPSA) is 63.5 Å². The summed E-state index contributed by atoms with van der Waals surface area (Å²) in [7, 11) is 0. The first-order chi connectivity index (χ1) is 12.3. The molecule has 0 saturated heterocycles. The van der Waals surface area contributed by atoms with Gasteiger partial charge in [0.15, 0.2) is 5.96 Å². The second-order valence-corrected chi connectivity index (χ2v) is 5.73. The van der Waals surface area contributed by atoms with Gasteiger partial charge in [-0.25, -0.2) is 0 Å². The number of rotatable bonds is 10. The SMILES string of the molecule is CCNC(=NCCCOC(C)c1ccccc1)NCCn1cccn1.I. The van der Waals surface area contributed by atoms with E-state index in [9.17, 15) is 0 Å². The third-order valence-electron chi connectivity index (χ3n) is 3.75. The molecule has 0 aliphatic rings. The molecule has 0 aliphatic heterocycles. The summed E-state index contributed by atoms with van der Waals surface area (Å²) in [6.45, 7) is 8.03. The average Bonchev–Trinajstić information content (AvgIpc) is 3.15. The maximum Gasteiger partial charge on any atom is 0.191 e. The number of aliphatic imine (C=N–C) groups is 1. The molecule has 1 atom stereocenters. The van der Waals surface area contributed by atoms with Gasteiger partial charge >= 0.3 is 0 Å². The molecule has 0 amide bonds. The van der Waals surface area contributed by atoms with Gasteiger partial charge in [-0.05, 0) is 31.9 Å². The quantitative estimate of drug-likeness (QED) is 0.242. The summed E-state index contributed by atoms with van der Waals surface area (Å²) in [6.07, 6.45) is 4.75. The minimum atomic E-state index is 0. The minimum Gasteiger partial charge on any atom is -0.374 e. The molecule has 7 heteroatoms. The fourth-order valence-corrected chi connectivity index (χ4v) is 2.40. The van der Waals surface area contributed by atoms with E-state index < -0.39 is 0 Å². The van der Waals surface area contributed by atoms with Crippen LogP contribution < -0.4 is 10.6 Å². The summed E-state index contributed by atoms with van der Waals surface area (Å²) in [6, 6.07) is 12.2. The Bertz CT molecular complexity index is 604. The molecule has 0 bridgehead atoms. The molecule has 1 unspecified atom stereocenters. The van der Waals surface area contributed by atoms with Crippen molar-refractivity contribution >= 4 is 29.9 Å². The summed E-state index contributed by atoms with van der Waals surface area (Å²) in [5.74, 6) is 0.839. The molecule has 26 heavy (non-hydrogen) atoms. The summed E-state index contributed by atoms with van der Waals surface area (Å²) in [5.41, 5.74) is 1.21. The van der Waals surface area contributed by atoms with Crippen LogP contribution in [0, 0.1) is 0 Å². The maximum absolute atomic E-state index is 5.88. The van der Waals surface area contributed by atoms with Gasteiger partial charge in [0.05, 0.1) is 12.6 Å². The van der Waals surface area contributed by atoms with Crippen molar-refractivity contribution in [3.8, 4) is 0 Å². The number of hydrogen-bond donors (Lipinski definition) is 2. The number of hydrogen-bond acceptors (Lipinski definition) is 3. The van der Waals surface area contributed by atoms with E-state index in [1.54, 1.807) is 6.20 Å². The molecule has 144 valence electrons. The van der Waals surface area contributed by atoms with Gasteiger partial charge in [-0.1, -0.05) is 30.3 Å². The van der Waals surface area contributed by atoms with Crippen LogP contribution in [0.5, 0.6) is 0 Å². The Morgan fingerprint density at radius 2 is 2.04 bits per heavy atom. The van der Waals surface area contributed by atoms with E-state index in [-0.39, 0.29) is 30.1 Å². The van der Waals surface area contributed by atoms with E-state index in [2.05, 4.69) is 46.7 Å². The number of guanidine groups is 1. The van der Waals surface area contributed by atoms with Gasteiger partial charge in [0.2, 0.25) is 0 Å². The van der Waals surface area contributed by atoms with E-state index >= 15 is 0 Å². The van der Waals surface area contributed by atoms with E-state index in [0.717, 1.165) is 38.6 Å². The molecule has 1 heterocycles. The highest BCUT2D eigenvalue weighted by atomic mass is 127. The highest BCUT2D eigenvalue weighted by Crippen LogP contribution is 2.15. The molecule has 2 rings (SSSR count). The lowest BCUT2D eigenvalue weighted by Crippen LogP contribution is -2.39. The van der Waals surface area contributed by atoms with E-state index in [1.165, 1.54) is 5.56 Å². The molecular formula is C19H30IN5O. The normalized spacial score (nSPS) is 12.3. The molecule has 1 aromatic heterocycles. The van der Waals surface area contributed by atoms with Crippen molar-refractivity contribution < 1.29 is 4.74 Å². The molecule has 0 radical (unpaired) electrons. The molecule has 6 nitrogen and oxygen atoms in total. The fourth-order valence-electron chi connectivity index (χ4n) is 2.40. The third-order valence-corrected chi connectivity index (χ3v) is 3.75. The van der Waals surface area contributed by atoms with Crippen molar-refractivity contribution in [3.63, 3.8) is 0 Å². The standard InChI is InChI=1S/C19H29N5O.HI/c1-3-20-19(22-13-15-24-14-7-12-23-24)21-11-8-16-25-17(2)18-9-5-4-6-10-18;/h4-7,9-10,12,14,17H,3,8,11,13,15-16H2,1-2H3,(H2,20,21,22);1H. The van der Waals surface area contributed by atoms with Gasteiger partial charge in [0, 0.05) is 38.6 Å². The Kier molecular flexibility index (Phi) is 11.7. The molecule has 0 saturated carbocycles. The van der Waals surface area contributed by atoms with Crippen LogP contribution in [0.2, 0.25) is 0 Å². The zero-order valence-corrected chi connectivity index (χ0v) is 17.9. The lowest BCUT2D eigenvalue weighted by molar-refractivity contribution is 0.0652. The van der Waals surface area contributed by atoms with Crippen molar-refractivity contribution in [3.05, 3.63) is 54.4 Å². The van der Waals surface area contributed by atoms with Crippen LogP contribution in [0.15, 0.2) is 53.8 Å². The Morgan fingerprint density at radius 3 is 2.73 bits per heavy atom. The molecule has 1 aromatic carbocycles. The largest absolute Gasteiger partial charge is 0.374 e. The van der Waals surface area contributed by atoms with E-state index in [4.69, 9.17) is 4.74 Å². The smallest absolute Gasteiger partial charge is 0.191 e. The second kappa shape index (κ2) is 13.6. The first-order valence-corrected chi connectivity index (χ1v) is 8.95. The van der Waals surface area contributed by atoms with Gasteiger partial charge in [0.1, 0.15) is 0 Å². The fraction of sp³-hybridized carbons (Fsp3) is 0.474. The van der Waals surface area contributed by atoms with Crippen LogP contribution >= 0.6 is 24.0 Å². The molecule has 2 aromatic rings. The van der Waals surface area contributed by atoms with Crippen LogP contribution in [-0.4, -0.2) is 42.0 Å². The summed E-state index contributed by atoms with van der Waals surface area (Å²) in [4.78, 5) is 4.59. The Labute approximate surface area is 173 Å². The molecule has 0 fully saturated rings. The van der Waals surface area contributed by atoms with Crippen LogP contribution in [0.1, 0.15) is 31.9 Å². The van der Waals surface area contributed by atoms with Gasteiger partial charge < -0.3 is 15.4 Å². The second-order valence-electron chi connectivity index (χ2n) is 5.73. The van der Waals surface area contributed by atoms with Gasteiger partial charge in [0.25, 0.3) is 0 Å². The number of benzene rings is 1. The highest BCUT2D eigenvalue weighted by molar-refractivity contribution is 14.0. The lowest BCUT2D eigenvalue weighted by atomic mass is 10.1. The van der Waals surface area contributed by atoms with Crippen LogP contribution in [0.25, 0.3) is 0 Å². The molecule has 2 N–H and O–H groups in total. The number of ether oxygens (including phenoxy) is 1. The van der Waals surface area contributed by atoms with Crippen molar-refractivity contribution in [2.45, 2.75) is 32.9 Å². The van der Waals surface area contributed by atoms with E-state index in [0.29, 0.717) is 6.61 Å². The van der Waals surface area contributed by atoms with E-state index in [1.807, 2.05) is 35.1 Å². The highest BCUT2D eigenvalue weighted by Gasteiger charge is 2.04. The number of nitrogens with one attached hydrogen (secondary N) is 2. The Balaban J connectivity index is 0.00000338. The van der Waals surface area contributed by atoms with Gasteiger partial charge in [-0.3, -0.25) is 9.67 Å². The van der Waals surface area contributed by atoms with Crippen LogP contribution in [0.4, 0.5) is 0 Å². The monoisotopic (exact) mass is 471 g/mol. The van der Waals surface area contributed by atoms with Crippen LogP contribution in [0.3, 0.4) is 0 Å².